The third kappa shape index (κ3) is 3.83. The Kier molecular flexibility index (Phi) is 4.69. The summed E-state index contributed by atoms with van der Waals surface area (Å²) in [6, 6.07) is 13.6. The van der Waals surface area contributed by atoms with Crippen LogP contribution in [0.5, 0.6) is 0 Å². The lowest BCUT2D eigenvalue weighted by Gasteiger charge is -2.09. The van der Waals surface area contributed by atoms with E-state index in [1.807, 2.05) is 61.0 Å². The summed E-state index contributed by atoms with van der Waals surface area (Å²) in [5, 5.41) is 0. The highest BCUT2D eigenvalue weighted by molar-refractivity contribution is 7.88. The van der Waals surface area contributed by atoms with E-state index in [1.54, 1.807) is 6.33 Å². The van der Waals surface area contributed by atoms with Crippen molar-refractivity contribution in [2.24, 2.45) is 7.05 Å². The number of imidazole rings is 1. The number of benzene rings is 2. The first-order valence-corrected chi connectivity index (χ1v) is 9.52. The first-order valence-electron chi connectivity index (χ1n) is 7.86. The van der Waals surface area contributed by atoms with Gasteiger partial charge in [0, 0.05) is 13.6 Å². The van der Waals surface area contributed by atoms with Gasteiger partial charge in [0.1, 0.15) is 0 Å². The molecule has 2 aromatic carbocycles. The van der Waals surface area contributed by atoms with E-state index >= 15 is 0 Å². The van der Waals surface area contributed by atoms with Crippen LogP contribution in [0, 0.1) is 6.92 Å². The number of nitrogens with one attached hydrogen (secondary N) is 1. The molecule has 5 nitrogen and oxygen atoms in total. The summed E-state index contributed by atoms with van der Waals surface area (Å²) in [5.41, 5.74) is 4.89. The van der Waals surface area contributed by atoms with Crippen molar-refractivity contribution in [3.8, 4) is 0 Å². The Morgan fingerprint density at radius 2 is 1.96 bits per heavy atom. The topological polar surface area (TPSA) is 64.0 Å². The summed E-state index contributed by atoms with van der Waals surface area (Å²) in [5.74, 6) is 0.0128. The average molecular weight is 343 g/mol. The first kappa shape index (κ1) is 16.7. The number of rotatable bonds is 6. The smallest absolute Gasteiger partial charge is 0.215 e. The van der Waals surface area contributed by atoms with Gasteiger partial charge in [-0.2, -0.15) is 0 Å². The van der Waals surface area contributed by atoms with Crippen LogP contribution in [-0.4, -0.2) is 24.5 Å². The number of hydrogen-bond acceptors (Lipinski definition) is 3. The van der Waals surface area contributed by atoms with Crippen LogP contribution in [0.2, 0.25) is 0 Å². The largest absolute Gasteiger partial charge is 0.334 e. The van der Waals surface area contributed by atoms with Crippen LogP contribution in [0.15, 0.2) is 48.8 Å². The molecule has 0 bridgehead atoms. The van der Waals surface area contributed by atoms with Gasteiger partial charge in [-0.25, -0.2) is 18.1 Å². The minimum atomic E-state index is -3.34. The Balaban J connectivity index is 1.61. The van der Waals surface area contributed by atoms with E-state index in [-0.39, 0.29) is 5.75 Å². The van der Waals surface area contributed by atoms with E-state index in [1.165, 1.54) is 0 Å². The van der Waals surface area contributed by atoms with Crippen molar-refractivity contribution in [1.82, 2.24) is 14.3 Å². The molecular formula is C18H21N3O2S. The van der Waals surface area contributed by atoms with Crippen LogP contribution in [0.3, 0.4) is 0 Å². The van der Waals surface area contributed by atoms with E-state index in [0.29, 0.717) is 13.0 Å². The summed E-state index contributed by atoms with van der Waals surface area (Å²) in [6.45, 7) is 2.31. The zero-order valence-corrected chi connectivity index (χ0v) is 14.7. The van der Waals surface area contributed by atoms with Crippen LogP contribution in [0.1, 0.15) is 16.7 Å². The van der Waals surface area contributed by atoms with E-state index in [9.17, 15) is 8.42 Å². The Hall–Kier alpha value is -2.18. The van der Waals surface area contributed by atoms with Crippen LogP contribution in [0.25, 0.3) is 11.0 Å². The summed E-state index contributed by atoms with van der Waals surface area (Å²) in [7, 11) is -1.38. The number of aromatic nitrogens is 2. The van der Waals surface area contributed by atoms with E-state index in [2.05, 4.69) is 9.71 Å². The first-order chi connectivity index (χ1) is 11.4. The lowest BCUT2D eigenvalue weighted by atomic mass is 10.1. The Labute approximate surface area is 142 Å². The third-order valence-corrected chi connectivity index (χ3v) is 5.47. The Morgan fingerprint density at radius 1 is 1.17 bits per heavy atom. The van der Waals surface area contributed by atoms with Crippen LogP contribution < -0.4 is 4.72 Å². The molecule has 0 aliphatic heterocycles. The molecule has 1 N–H and O–H groups in total. The Morgan fingerprint density at radius 3 is 2.75 bits per heavy atom. The lowest BCUT2D eigenvalue weighted by molar-refractivity contribution is 0.580. The highest BCUT2D eigenvalue weighted by atomic mass is 32.2. The van der Waals surface area contributed by atoms with Gasteiger partial charge in [-0.3, -0.25) is 0 Å². The lowest BCUT2D eigenvalue weighted by Crippen LogP contribution is -2.27. The van der Waals surface area contributed by atoms with Crippen LogP contribution in [0.4, 0.5) is 0 Å². The molecule has 0 atom stereocenters. The van der Waals surface area contributed by atoms with Gasteiger partial charge in [-0.05, 0) is 42.2 Å². The molecule has 3 rings (SSSR count). The molecule has 0 unspecified atom stereocenters. The van der Waals surface area contributed by atoms with Gasteiger partial charge in [0.2, 0.25) is 10.0 Å². The third-order valence-electron chi connectivity index (χ3n) is 4.13. The fraction of sp³-hybridized carbons (Fsp3) is 0.278. The molecule has 0 saturated heterocycles. The summed E-state index contributed by atoms with van der Waals surface area (Å²) in [6.07, 6.45) is 2.42. The second kappa shape index (κ2) is 6.75. The van der Waals surface area contributed by atoms with Crippen molar-refractivity contribution in [2.75, 3.05) is 6.54 Å². The van der Waals surface area contributed by atoms with Gasteiger partial charge in [-0.15, -0.1) is 0 Å². The number of hydrogen-bond donors (Lipinski definition) is 1. The molecule has 1 heterocycles. The standard InChI is InChI=1S/C18H21N3O2S/c1-14-5-3-4-6-16(14)12-24(22,23)20-10-9-15-7-8-18-17(11-15)19-13-21(18)2/h3-8,11,13,20H,9-10,12H2,1-2H3. The van der Waals surface area contributed by atoms with Crippen molar-refractivity contribution in [2.45, 2.75) is 19.1 Å². The molecule has 0 aliphatic carbocycles. The number of fused-ring (bicyclic) bond motifs is 1. The van der Waals surface area contributed by atoms with Gasteiger partial charge in [-0.1, -0.05) is 30.3 Å². The molecule has 0 fully saturated rings. The van der Waals surface area contributed by atoms with Gasteiger partial charge in [0.25, 0.3) is 0 Å². The van der Waals surface area contributed by atoms with Crippen molar-refractivity contribution in [3.63, 3.8) is 0 Å². The quantitative estimate of drug-likeness (QED) is 0.748. The van der Waals surface area contributed by atoms with Crippen molar-refractivity contribution < 1.29 is 8.42 Å². The normalized spacial score (nSPS) is 11.9. The Bertz CT molecular complexity index is 961. The second-order valence-electron chi connectivity index (χ2n) is 6.01. The highest BCUT2D eigenvalue weighted by Crippen LogP contribution is 2.14. The summed E-state index contributed by atoms with van der Waals surface area (Å²) >= 11 is 0. The van der Waals surface area contributed by atoms with Crippen molar-refractivity contribution in [1.29, 1.82) is 0 Å². The highest BCUT2D eigenvalue weighted by Gasteiger charge is 2.12. The SMILES string of the molecule is Cc1ccccc1CS(=O)(=O)NCCc1ccc2c(c1)ncn2C. The molecule has 0 spiro atoms. The predicted octanol–water partition coefficient (Wildman–Crippen LogP) is 2.54. The molecule has 0 radical (unpaired) electrons. The molecule has 0 amide bonds. The molecule has 1 aromatic heterocycles. The molecule has 0 saturated carbocycles. The number of nitrogens with zero attached hydrogens (tertiary/aromatic N) is 2. The molecule has 126 valence electrons. The molecule has 6 heteroatoms. The predicted molar refractivity (Wildman–Crippen MR) is 96.2 cm³/mol. The molecular weight excluding hydrogens is 322 g/mol. The van der Waals surface area contributed by atoms with Crippen LogP contribution in [-0.2, 0) is 29.2 Å². The molecule has 3 aromatic rings. The van der Waals surface area contributed by atoms with E-state index in [0.717, 1.165) is 27.7 Å². The molecule has 24 heavy (non-hydrogen) atoms. The van der Waals surface area contributed by atoms with Crippen molar-refractivity contribution >= 4 is 21.1 Å². The van der Waals surface area contributed by atoms with Crippen molar-refractivity contribution in [3.05, 3.63) is 65.5 Å². The summed E-state index contributed by atoms with van der Waals surface area (Å²) in [4.78, 5) is 4.33. The fourth-order valence-corrected chi connectivity index (χ4v) is 3.96. The zero-order chi connectivity index (χ0) is 17.2. The van der Waals surface area contributed by atoms with Gasteiger partial charge < -0.3 is 4.57 Å². The number of sulfonamides is 1. The maximum absolute atomic E-state index is 12.2. The average Bonchev–Trinajstić information content (AvgIpc) is 2.90. The monoisotopic (exact) mass is 343 g/mol. The minimum Gasteiger partial charge on any atom is -0.334 e. The molecule has 0 aliphatic rings. The maximum atomic E-state index is 12.2. The fourth-order valence-electron chi connectivity index (χ4n) is 2.72. The number of aryl methyl sites for hydroxylation is 2. The van der Waals surface area contributed by atoms with Gasteiger partial charge >= 0.3 is 0 Å². The minimum absolute atomic E-state index is 0.0128. The van der Waals surface area contributed by atoms with E-state index < -0.39 is 10.0 Å². The van der Waals surface area contributed by atoms with Gasteiger partial charge in [0.15, 0.2) is 0 Å². The van der Waals surface area contributed by atoms with Gasteiger partial charge in [0.05, 0.1) is 23.1 Å². The van der Waals surface area contributed by atoms with Crippen LogP contribution >= 0.6 is 0 Å². The second-order valence-corrected chi connectivity index (χ2v) is 7.82. The maximum Gasteiger partial charge on any atom is 0.215 e. The zero-order valence-electron chi connectivity index (χ0n) is 13.9. The van der Waals surface area contributed by atoms with E-state index in [4.69, 9.17) is 0 Å². The summed E-state index contributed by atoms with van der Waals surface area (Å²) < 4.78 is 29.1.